The predicted octanol–water partition coefficient (Wildman–Crippen LogP) is 5.59. The van der Waals surface area contributed by atoms with Crippen LogP contribution >= 0.6 is 0 Å². The lowest BCUT2D eigenvalue weighted by Crippen LogP contribution is -2.32. The smallest absolute Gasteiger partial charge is 0.220 e. The zero-order valence-electron chi connectivity index (χ0n) is 17.9. The molecular formula is C23H42N2O. The third-order valence-corrected chi connectivity index (χ3v) is 6.35. The van der Waals surface area contributed by atoms with Crippen molar-refractivity contribution in [1.29, 1.82) is 0 Å². The Labute approximate surface area is 162 Å². The molecule has 0 radical (unpaired) electrons. The Morgan fingerprint density at radius 1 is 1.27 bits per heavy atom. The average Bonchev–Trinajstić information content (AvgIpc) is 2.82. The molecule has 26 heavy (non-hydrogen) atoms. The SMILES string of the molecule is C=C(CCC(=O)NCC(CC)C(C)C1=C(C)C(CCC)CCCC1)NC. The fourth-order valence-corrected chi connectivity index (χ4v) is 4.36. The van der Waals surface area contributed by atoms with E-state index in [4.69, 9.17) is 0 Å². The van der Waals surface area contributed by atoms with Crippen molar-refractivity contribution >= 4 is 5.91 Å². The number of allylic oxidation sites excluding steroid dienone is 3. The van der Waals surface area contributed by atoms with E-state index >= 15 is 0 Å². The first-order chi connectivity index (χ1) is 12.4. The van der Waals surface area contributed by atoms with Crippen molar-refractivity contribution in [3.8, 4) is 0 Å². The molecule has 1 amide bonds. The van der Waals surface area contributed by atoms with Crippen LogP contribution in [0.25, 0.3) is 0 Å². The maximum atomic E-state index is 12.1. The first-order valence-electron chi connectivity index (χ1n) is 10.8. The lowest BCUT2D eigenvalue weighted by atomic mass is 9.79. The first-order valence-corrected chi connectivity index (χ1v) is 10.8. The minimum Gasteiger partial charge on any atom is -0.392 e. The molecule has 0 aromatic carbocycles. The summed E-state index contributed by atoms with van der Waals surface area (Å²) in [6, 6.07) is 0. The van der Waals surface area contributed by atoms with Gasteiger partial charge in [0.1, 0.15) is 0 Å². The van der Waals surface area contributed by atoms with Crippen LogP contribution in [-0.4, -0.2) is 19.5 Å². The minimum atomic E-state index is 0.141. The van der Waals surface area contributed by atoms with Gasteiger partial charge in [0.25, 0.3) is 0 Å². The van der Waals surface area contributed by atoms with Crippen LogP contribution in [0.5, 0.6) is 0 Å². The molecule has 3 atom stereocenters. The quantitative estimate of drug-likeness (QED) is 0.471. The third kappa shape index (κ3) is 7.17. The molecule has 150 valence electrons. The lowest BCUT2D eigenvalue weighted by molar-refractivity contribution is -0.121. The van der Waals surface area contributed by atoms with E-state index in [0.29, 0.717) is 24.7 Å². The van der Waals surface area contributed by atoms with Gasteiger partial charge in [-0.05, 0) is 56.8 Å². The topological polar surface area (TPSA) is 41.1 Å². The van der Waals surface area contributed by atoms with Crippen LogP contribution < -0.4 is 10.6 Å². The molecule has 0 fully saturated rings. The fourth-order valence-electron chi connectivity index (χ4n) is 4.36. The molecule has 0 heterocycles. The zero-order valence-corrected chi connectivity index (χ0v) is 17.9. The van der Waals surface area contributed by atoms with Crippen molar-refractivity contribution in [2.45, 2.75) is 85.5 Å². The van der Waals surface area contributed by atoms with Gasteiger partial charge in [-0.1, -0.05) is 57.8 Å². The Morgan fingerprint density at radius 2 is 2.00 bits per heavy atom. The number of hydrogen-bond acceptors (Lipinski definition) is 2. The summed E-state index contributed by atoms with van der Waals surface area (Å²) in [5, 5.41) is 6.17. The van der Waals surface area contributed by atoms with Crippen molar-refractivity contribution in [2.75, 3.05) is 13.6 Å². The van der Waals surface area contributed by atoms with Crippen molar-refractivity contribution in [3.63, 3.8) is 0 Å². The largest absolute Gasteiger partial charge is 0.392 e. The highest BCUT2D eigenvalue weighted by Crippen LogP contribution is 2.37. The fraction of sp³-hybridized carbons (Fsp3) is 0.783. The summed E-state index contributed by atoms with van der Waals surface area (Å²) in [5.74, 6) is 2.00. The Hall–Kier alpha value is -1.25. The van der Waals surface area contributed by atoms with Gasteiger partial charge in [-0.15, -0.1) is 0 Å². The van der Waals surface area contributed by atoms with Crippen LogP contribution in [0.1, 0.15) is 85.5 Å². The van der Waals surface area contributed by atoms with Gasteiger partial charge >= 0.3 is 0 Å². The predicted molar refractivity (Wildman–Crippen MR) is 113 cm³/mol. The normalized spacial score (nSPS) is 20.3. The van der Waals surface area contributed by atoms with Crippen molar-refractivity contribution in [3.05, 3.63) is 23.4 Å². The van der Waals surface area contributed by atoms with E-state index in [-0.39, 0.29) is 5.91 Å². The molecule has 0 spiro atoms. The van der Waals surface area contributed by atoms with E-state index < -0.39 is 0 Å². The number of nitrogens with one attached hydrogen (secondary N) is 2. The lowest BCUT2D eigenvalue weighted by Gasteiger charge is -2.28. The van der Waals surface area contributed by atoms with Crippen LogP contribution in [0.2, 0.25) is 0 Å². The molecule has 1 aliphatic rings. The second-order valence-corrected chi connectivity index (χ2v) is 8.05. The van der Waals surface area contributed by atoms with E-state index in [1.807, 2.05) is 7.05 Å². The van der Waals surface area contributed by atoms with Crippen molar-refractivity contribution in [2.24, 2.45) is 17.8 Å². The van der Waals surface area contributed by atoms with Gasteiger partial charge in [-0.2, -0.15) is 0 Å². The number of hydrogen-bond donors (Lipinski definition) is 2. The monoisotopic (exact) mass is 362 g/mol. The van der Waals surface area contributed by atoms with Crippen LogP contribution in [0.4, 0.5) is 0 Å². The summed E-state index contributed by atoms with van der Waals surface area (Å²) >= 11 is 0. The molecule has 3 heteroatoms. The van der Waals surface area contributed by atoms with Gasteiger partial charge in [0.15, 0.2) is 0 Å². The molecule has 3 unspecified atom stereocenters. The van der Waals surface area contributed by atoms with E-state index in [0.717, 1.165) is 24.6 Å². The Morgan fingerprint density at radius 3 is 2.62 bits per heavy atom. The summed E-state index contributed by atoms with van der Waals surface area (Å²) in [5.41, 5.74) is 4.26. The number of amides is 1. The molecule has 0 bridgehead atoms. The van der Waals surface area contributed by atoms with Crippen LogP contribution in [-0.2, 0) is 4.79 Å². The maximum absolute atomic E-state index is 12.1. The van der Waals surface area contributed by atoms with Gasteiger partial charge < -0.3 is 10.6 Å². The van der Waals surface area contributed by atoms with Gasteiger partial charge in [-0.3, -0.25) is 4.79 Å². The first kappa shape index (κ1) is 22.8. The number of carbonyl (C=O) groups is 1. The van der Waals surface area contributed by atoms with Gasteiger partial charge in [0.2, 0.25) is 5.91 Å². The van der Waals surface area contributed by atoms with Gasteiger partial charge in [-0.25, -0.2) is 0 Å². The summed E-state index contributed by atoms with van der Waals surface area (Å²) in [7, 11) is 1.85. The summed E-state index contributed by atoms with van der Waals surface area (Å²) in [6.07, 6.45) is 10.2. The van der Waals surface area contributed by atoms with Crippen LogP contribution in [0, 0.1) is 17.8 Å². The van der Waals surface area contributed by atoms with E-state index in [1.54, 1.807) is 11.1 Å². The highest BCUT2D eigenvalue weighted by atomic mass is 16.1. The van der Waals surface area contributed by atoms with Crippen LogP contribution in [0.15, 0.2) is 23.4 Å². The highest BCUT2D eigenvalue weighted by molar-refractivity contribution is 5.76. The maximum Gasteiger partial charge on any atom is 0.220 e. The number of carbonyl (C=O) groups excluding carboxylic acids is 1. The third-order valence-electron chi connectivity index (χ3n) is 6.35. The molecule has 1 rings (SSSR count). The number of rotatable bonds is 11. The Bertz CT molecular complexity index is 481. The molecule has 0 aromatic rings. The Kier molecular flexibility index (Phi) is 10.7. The van der Waals surface area contributed by atoms with Crippen molar-refractivity contribution in [1.82, 2.24) is 10.6 Å². The average molecular weight is 363 g/mol. The standard InChI is InChI=1S/C23H42N2O/c1-7-11-21-12-9-10-13-22(19(21)5)18(4)20(8-2)16-25-23(26)15-14-17(3)24-6/h18,20-21,24H,3,7-16H2,1-2,4-6H3,(H,25,26). The van der Waals surface area contributed by atoms with Crippen molar-refractivity contribution < 1.29 is 4.79 Å². The molecule has 2 N–H and O–H groups in total. The summed E-state index contributed by atoms with van der Waals surface area (Å²) in [4.78, 5) is 12.1. The summed E-state index contributed by atoms with van der Waals surface area (Å²) in [6.45, 7) is 14.0. The molecule has 0 saturated carbocycles. The molecule has 0 aliphatic heterocycles. The molecule has 1 aliphatic carbocycles. The van der Waals surface area contributed by atoms with E-state index in [9.17, 15) is 4.79 Å². The Balaban J connectivity index is 2.68. The molecular weight excluding hydrogens is 320 g/mol. The zero-order chi connectivity index (χ0) is 19.5. The van der Waals surface area contributed by atoms with E-state index in [2.05, 4.69) is 44.9 Å². The second-order valence-electron chi connectivity index (χ2n) is 8.05. The molecule has 0 aromatic heterocycles. The second kappa shape index (κ2) is 12.2. The molecule has 3 nitrogen and oxygen atoms in total. The van der Waals surface area contributed by atoms with Gasteiger partial charge in [0, 0.05) is 25.7 Å². The summed E-state index contributed by atoms with van der Waals surface area (Å²) < 4.78 is 0. The van der Waals surface area contributed by atoms with Crippen LogP contribution in [0.3, 0.4) is 0 Å². The van der Waals surface area contributed by atoms with E-state index in [1.165, 1.54) is 38.5 Å². The minimum absolute atomic E-state index is 0.141. The van der Waals surface area contributed by atoms with Gasteiger partial charge in [0.05, 0.1) is 0 Å². The highest BCUT2D eigenvalue weighted by Gasteiger charge is 2.25. The molecule has 0 saturated heterocycles.